The number of fused-ring (bicyclic) bond motifs is 3. The summed E-state index contributed by atoms with van der Waals surface area (Å²) in [6, 6.07) is 15.8. The van der Waals surface area contributed by atoms with Crippen LogP contribution in [0.4, 0.5) is 17.2 Å². The number of hydrogen-bond acceptors (Lipinski definition) is 6. The van der Waals surface area contributed by atoms with Crippen molar-refractivity contribution in [2.24, 2.45) is 0 Å². The normalized spacial score (nSPS) is 19.6. The van der Waals surface area contributed by atoms with Gasteiger partial charge in [0.15, 0.2) is 16.8 Å². The van der Waals surface area contributed by atoms with Gasteiger partial charge >= 0.3 is 0 Å². The molecule has 3 aromatic heterocycles. The molecular weight excluding hydrogens is 434 g/mol. The van der Waals surface area contributed by atoms with Crippen molar-refractivity contribution in [3.63, 3.8) is 0 Å². The van der Waals surface area contributed by atoms with Crippen LogP contribution >= 0.6 is 12.2 Å². The smallest absolute Gasteiger partial charge is 0.182 e. The molecule has 0 amide bonds. The summed E-state index contributed by atoms with van der Waals surface area (Å²) in [5, 5.41) is 11.6. The summed E-state index contributed by atoms with van der Waals surface area (Å²) < 4.78 is 7.93. The standard InChI is InChI=1S/C24H23N7OS/c33-24(27-18-9-11-25-12-10-18)26-17-5-3-16(4-6-17)22-28-23(21-2-1-13-31(21)29-22)30-14-19-7-8-20(15-30)32-19/h1-6,9-13,19-20H,7-8,14-15H2,(H2,25,26,27,33)/t19-,20+. The predicted molar refractivity (Wildman–Crippen MR) is 133 cm³/mol. The fourth-order valence-electron chi connectivity index (χ4n) is 4.49. The van der Waals surface area contributed by atoms with Crippen LogP contribution in [0.15, 0.2) is 67.1 Å². The fraction of sp³-hybridized carbons (Fsp3) is 0.250. The molecule has 2 N–H and O–H groups in total. The Bertz CT molecular complexity index is 1280. The summed E-state index contributed by atoms with van der Waals surface area (Å²) in [7, 11) is 0. The topological polar surface area (TPSA) is 79.6 Å². The van der Waals surface area contributed by atoms with Gasteiger partial charge in [-0.1, -0.05) is 0 Å². The molecule has 0 unspecified atom stereocenters. The summed E-state index contributed by atoms with van der Waals surface area (Å²) in [4.78, 5) is 11.3. The molecule has 5 heterocycles. The minimum atomic E-state index is 0.298. The number of rotatable bonds is 4. The fourth-order valence-corrected chi connectivity index (χ4v) is 4.73. The number of ether oxygens (including phenoxy) is 1. The Kier molecular flexibility index (Phi) is 5.12. The van der Waals surface area contributed by atoms with Crippen LogP contribution in [0.3, 0.4) is 0 Å². The molecule has 166 valence electrons. The highest BCUT2D eigenvalue weighted by Gasteiger charge is 2.35. The van der Waals surface area contributed by atoms with E-state index in [0.717, 1.165) is 54.2 Å². The van der Waals surface area contributed by atoms with Crippen LogP contribution in [0.5, 0.6) is 0 Å². The van der Waals surface area contributed by atoms with Crippen LogP contribution in [0.25, 0.3) is 16.9 Å². The lowest BCUT2D eigenvalue weighted by Crippen LogP contribution is -2.43. The first kappa shape index (κ1) is 20.1. The van der Waals surface area contributed by atoms with Crippen LogP contribution < -0.4 is 15.5 Å². The van der Waals surface area contributed by atoms with Crippen LogP contribution in [-0.4, -0.2) is 50.0 Å². The molecule has 6 rings (SSSR count). The van der Waals surface area contributed by atoms with Crippen LogP contribution in [-0.2, 0) is 4.74 Å². The monoisotopic (exact) mass is 457 g/mol. The van der Waals surface area contributed by atoms with E-state index < -0.39 is 0 Å². The zero-order valence-electron chi connectivity index (χ0n) is 17.9. The average molecular weight is 458 g/mol. The molecule has 2 fully saturated rings. The molecule has 0 spiro atoms. The predicted octanol–water partition coefficient (Wildman–Crippen LogP) is 3.97. The maximum Gasteiger partial charge on any atom is 0.182 e. The molecular formula is C24H23N7OS. The van der Waals surface area contributed by atoms with Gasteiger partial charge in [-0.2, -0.15) is 0 Å². The number of morpholine rings is 1. The lowest BCUT2D eigenvalue weighted by Gasteiger charge is -2.33. The summed E-state index contributed by atoms with van der Waals surface area (Å²) in [6.07, 6.45) is 8.26. The third kappa shape index (κ3) is 4.12. The third-order valence-electron chi connectivity index (χ3n) is 6.05. The number of pyridine rings is 1. The second-order valence-corrected chi connectivity index (χ2v) is 8.76. The minimum absolute atomic E-state index is 0.298. The van der Waals surface area contributed by atoms with Crippen molar-refractivity contribution in [3.8, 4) is 11.4 Å². The van der Waals surface area contributed by atoms with Crippen LogP contribution in [0.1, 0.15) is 12.8 Å². The summed E-state index contributed by atoms with van der Waals surface area (Å²) in [5.74, 6) is 1.66. The van der Waals surface area contributed by atoms with Gasteiger partial charge in [0.2, 0.25) is 0 Å². The van der Waals surface area contributed by atoms with Gasteiger partial charge < -0.3 is 20.3 Å². The molecule has 2 aliphatic rings. The van der Waals surface area contributed by atoms with Crippen LogP contribution in [0, 0.1) is 0 Å². The molecule has 9 heteroatoms. The maximum absolute atomic E-state index is 6.02. The Labute approximate surface area is 196 Å². The van der Waals surface area contributed by atoms with Gasteiger partial charge in [-0.15, -0.1) is 5.10 Å². The molecule has 2 bridgehead atoms. The van der Waals surface area contributed by atoms with E-state index in [1.807, 2.05) is 53.2 Å². The molecule has 33 heavy (non-hydrogen) atoms. The molecule has 0 saturated carbocycles. The van der Waals surface area contributed by atoms with Gasteiger partial charge in [-0.25, -0.2) is 9.50 Å². The van der Waals surface area contributed by atoms with Crippen molar-refractivity contribution in [1.29, 1.82) is 0 Å². The van der Waals surface area contributed by atoms with Crippen molar-refractivity contribution >= 4 is 40.0 Å². The molecule has 4 aromatic rings. The van der Waals surface area contributed by atoms with Gasteiger partial charge in [0.05, 0.1) is 12.2 Å². The van der Waals surface area contributed by atoms with Gasteiger partial charge in [-0.05, 0) is 73.6 Å². The average Bonchev–Trinajstić information content (AvgIpc) is 3.45. The first-order valence-electron chi connectivity index (χ1n) is 11.1. The Balaban J connectivity index is 1.23. The highest BCUT2D eigenvalue weighted by atomic mass is 32.1. The second-order valence-electron chi connectivity index (χ2n) is 8.35. The zero-order valence-corrected chi connectivity index (χ0v) is 18.7. The van der Waals surface area contributed by atoms with E-state index in [9.17, 15) is 0 Å². The van der Waals surface area contributed by atoms with Crippen LogP contribution in [0.2, 0.25) is 0 Å². The SMILES string of the molecule is S=C(Nc1ccncc1)Nc1ccc(-c2nc(N3C[C@H]4CC[C@@H](C3)O4)c3cccn3n2)cc1. The molecule has 8 nitrogen and oxygen atoms in total. The summed E-state index contributed by atoms with van der Waals surface area (Å²) in [5.41, 5.74) is 3.74. The number of aromatic nitrogens is 4. The van der Waals surface area contributed by atoms with E-state index in [-0.39, 0.29) is 0 Å². The highest BCUT2D eigenvalue weighted by molar-refractivity contribution is 7.80. The summed E-state index contributed by atoms with van der Waals surface area (Å²) in [6.45, 7) is 1.75. The Hall–Kier alpha value is -3.56. The number of thiocarbonyl (C=S) groups is 1. The minimum Gasteiger partial charge on any atom is -0.371 e. The van der Waals surface area contributed by atoms with Crippen molar-refractivity contribution in [2.45, 2.75) is 25.0 Å². The van der Waals surface area contributed by atoms with Crippen molar-refractivity contribution in [2.75, 3.05) is 28.6 Å². The second kappa shape index (κ2) is 8.42. The highest BCUT2D eigenvalue weighted by Crippen LogP contribution is 2.32. The molecule has 0 radical (unpaired) electrons. The van der Waals surface area contributed by atoms with E-state index >= 15 is 0 Å². The largest absolute Gasteiger partial charge is 0.371 e. The van der Waals surface area contributed by atoms with E-state index in [1.165, 1.54) is 0 Å². The van der Waals surface area contributed by atoms with E-state index in [1.54, 1.807) is 12.4 Å². The molecule has 2 aliphatic heterocycles. The Morgan fingerprint density at radius 2 is 1.64 bits per heavy atom. The lowest BCUT2D eigenvalue weighted by atomic mass is 10.2. The lowest BCUT2D eigenvalue weighted by molar-refractivity contribution is 0.0303. The Morgan fingerprint density at radius 3 is 2.36 bits per heavy atom. The van der Waals surface area contributed by atoms with E-state index in [4.69, 9.17) is 27.0 Å². The van der Waals surface area contributed by atoms with Gasteiger partial charge in [0.25, 0.3) is 0 Å². The van der Waals surface area contributed by atoms with E-state index in [2.05, 4.69) is 26.6 Å². The molecule has 0 aliphatic carbocycles. The first-order valence-corrected chi connectivity index (χ1v) is 11.5. The number of nitrogens with one attached hydrogen (secondary N) is 2. The number of benzene rings is 1. The zero-order chi connectivity index (χ0) is 22.2. The third-order valence-corrected chi connectivity index (χ3v) is 6.26. The van der Waals surface area contributed by atoms with Gasteiger partial charge in [0.1, 0.15) is 5.52 Å². The maximum atomic E-state index is 6.02. The van der Waals surface area contributed by atoms with Crippen molar-refractivity contribution < 1.29 is 4.74 Å². The van der Waals surface area contributed by atoms with Crippen molar-refractivity contribution in [3.05, 3.63) is 67.1 Å². The number of nitrogens with zero attached hydrogens (tertiary/aromatic N) is 5. The number of anilines is 3. The van der Waals surface area contributed by atoms with Crippen molar-refractivity contribution in [1.82, 2.24) is 19.6 Å². The Morgan fingerprint density at radius 1 is 0.939 bits per heavy atom. The molecule has 2 atom stereocenters. The van der Waals surface area contributed by atoms with Gasteiger partial charge in [-0.3, -0.25) is 4.98 Å². The molecule has 1 aromatic carbocycles. The molecule has 2 saturated heterocycles. The van der Waals surface area contributed by atoms with E-state index in [0.29, 0.717) is 23.1 Å². The quantitative estimate of drug-likeness (QED) is 0.446. The summed E-state index contributed by atoms with van der Waals surface area (Å²) >= 11 is 5.41. The number of hydrogen-bond donors (Lipinski definition) is 2. The van der Waals surface area contributed by atoms with Gasteiger partial charge in [0, 0.05) is 48.6 Å². The first-order chi connectivity index (χ1) is 16.2.